The SMILES string of the molecule is C.C.CC.N.N.NN.NN.NN.NN.[2HH].[NH2-].[U]. The molecule has 0 aromatic carbocycles. The maximum absolute atomic E-state index is 4.00. The molecule has 0 aliphatic carbocycles. The maximum atomic E-state index is 4.00. The molecule has 0 aliphatic heterocycles. The summed E-state index contributed by atoms with van der Waals surface area (Å²) in [5, 5.41) is 0. The molecule has 0 saturated carbocycles. The minimum atomic E-state index is 0. The Labute approximate surface area is 126 Å². The molecule has 0 fully saturated rings. The van der Waals surface area contributed by atoms with Gasteiger partial charge in [-0.05, 0) is 0 Å². The molecule has 16 heavy (non-hydrogen) atoms. The van der Waals surface area contributed by atoms with E-state index in [1.165, 1.54) is 0 Å². The summed E-state index contributed by atoms with van der Waals surface area (Å²) in [5.74, 6) is 32.0. The fourth-order valence-electron chi connectivity index (χ4n) is 0. The number of hydrogen-bond donors (Lipinski definition) is 10. The van der Waals surface area contributed by atoms with Gasteiger partial charge in [-0.15, -0.1) is 0 Å². The molecular weight excluding hydrogens is 440 g/mol. The van der Waals surface area contributed by atoms with E-state index in [0.29, 0.717) is 0 Å². The van der Waals surface area contributed by atoms with Crippen molar-refractivity contribution in [3.05, 3.63) is 6.15 Å². The van der Waals surface area contributed by atoms with E-state index in [1.807, 2.05) is 13.8 Å². The Balaban J connectivity index is -0.00000000167. The van der Waals surface area contributed by atoms with Gasteiger partial charge in [0.2, 0.25) is 0 Å². The van der Waals surface area contributed by atoms with Crippen LogP contribution in [0.4, 0.5) is 0 Å². The first-order valence-corrected chi connectivity index (χ1v) is 2.33. The van der Waals surface area contributed by atoms with Crippen LogP contribution < -0.4 is 59.0 Å². The van der Waals surface area contributed by atoms with Gasteiger partial charge >= 0.3 is 0 Å². The molecule has 24 N–H and O–H groups in total. The van der Waals surface area contributed by atoms with Crippen molar-refractivity contribution in [2.45, 2.75) is 28.7 Å². The van der Waals surface area contributed by atoms with Crippen LogP contribution in [0.1, 0.15) is 30.1 Å². The van der Waals surface area contributed by atoms with Crippen LogP contribution in [0.5, 0.6) is 0 Å². The van der Waals surface area contributed by atoms with E-state index in [4.69, 9.17) is 0 Å². The molecule has 0 radical (unpaired) electrons. The Morgan fingerprint density at radius 3 is 0.562 bits per heavy atom. The summed E-state index contributed by atoms with van der Waals surface area (Å²) in [6.45, 7) is 4.00. The zero-order chi connectivity index (χ0) is 10.0. The molecule has 0 heterocycles. The third-order valence-electron chi connectivity index (χ3n) is 0. The smallest absolute Gasteiger partial charge is 0 e. The van der Waals surface area contributed by atoms with Crippen LogP contribution in [0, 0.1) is 31.1 Å². The van der Waals surface area contributed by atoms with E-state index >= 15 is 0 Å². The minimum Gasteiger partial charge on any atom is -0.693 e. The molecule has 0 aliphatic rings. The van der Waals surface area contributed by atoms with E-state index in [2.05, 4.69) is 46.7 Å². The molecule has 0 spiro atoms. The Kier molecular flexibility index (Phi) is 71500. The summed E-state index contributed by atoms with van der Waals surface area (Å²) in [5.41, 5.74) is 0. The van der Waals surface area contributed by atoms with Crippen molar-refractivity contribution in [3.63, 3.8) is 0 Å². The van der Waals surface area contributed by atoms with Gasteiger partial charge in [-0.2, -0.15) is 0 Å². The third-order valence-corrected chi connectivity index (χ3v) is 0. The van der Waals surface area contributed by atoms with Crippen molar-refractivity contribution >= 4 is 0 Å². The number of nitrogens with two attached hydrogens (primary N) is 9. The molecule has 0 unspecified atom stereocenters. The summed E-state index contributed by atoms with van der Waals surface area (Å²) >= 11 is 0. The molecule has 116 valence electrons. The van der Waals surface area contributed by atoms with Crippen molar-refractivity contribution < 1.29 is 32.5 Å². The molecule has 12 heteroatoms. The fraction of sp³-hybridized carbons (Fsp3) is 1.00. The van der Waals surface area contributed by atoms with Crippen LogP contribution in [-0.4, -0.2) is 0 Å². The topological polar surface area (TPSA) is 312 Å². The quantitative estimate of drug-likeness (QED) is 0.146. The van der Waals surface area contributed by atoms with Crippen molar-refractivity contribution in [1.82, 2.24) is 12.3 Å². The first-order chi connectivity index (χ1) is 5.00. The zero-order valence-corrected chi connectivity index (χ0v) is 13.3. The van der Waals surface area contributed by atoms with Gasteiger partial charge in [0.25, 0.3) is 0 Å². The monoisotopic (exact) mass is 481 g/mol. The molecule has 11 nitrogen and oxygen atoms in total. The van der Waals surface area contributed by atoms with Gasteiger partial charge in [-0.3, -0.25) is 46.7 Å². The van der Waals surface area contributed by atoms with Gasteiger partial charge in [0.05, 0.1) is 0 Å². The molecule has 0 atom stereocenters. The van der Waals surface area contributed by atoms with Crippen LogP contribution in [0.2, 0.25) is 0 Å². The van der Waals surface area contributed by atoms with Crippen LogP contribution in [0.3, 0.4) is 0 Å². The number of hydrogen-bond acceptors (Lipinski definition) is 10. The van der Waals surface area contributed by atoms with E-state index in [9.17, 15) is 0 Å². The van der Waals surface area contributed by atoms with Gasteiger partial charge in [-0.1, -0.05) is 28.7 Å². The Morgan fingerprint density at radius 1 is 0.562 bits per heavy atom. The zero-order valence-electron chi connectivity index (χ0n) is 9.11. The molecule has 0 aromatic heterocycles. The Bertz CT molecular complexity index is 23.4. The van der Waals surface area contributed by atoms with Gasteiger partial charge in [0.1, 0.15) is 0 Å². The van der Waals surface area contributed by atoms with Gasteiger partial charge in [0.15, 0.2) is 0 Å². The van der Waals surface area contributed by atoms with E-state index in [-0.39, 0.29) is 65.8 Å². The molecule has 0 rings (SSSR count). The summed E-state index contributed by atoms with van der Waals surface area (Å²) in [4.78, 5) is 0. The Hall–Kier alpha value is 0.612. The number of hydrazine groups is 4. The molecule has 0 bridgehead atoms. The predicted octanol–water partition coefficient (Wildman–Crippen LogP) is -1.14. The Morgan fingerprint density at radius 2 is 0.562 bits per heavy atom. The predicted molar refractivity (Wildman–Crippen MR) is 75.8 cm³/mol. The van der Waals surface area contributed by atoms with E-state index < -0.39 is 0 Å². The first kappa shape index (κ1) is 129. The van der Waals surface area contributed by atoms with Crippen LogP contribution in [0.25, 0.3) is 6.15 Å². The largest absolute Gasteiger partial charge is 0.693 e. The molecule has 0 amide bonds. The third kappa shape index (κ3) is 7230. The van der Waals surface area contributed by atoms with Gasteiger partial charge < -0.3 is 18.5 Å². The average molecular weight is 481 g/mol. The minimum absolute atomic E-state index is 0. The van der Waals surface area contributed by atoms with Crippen molar-refractivity contribution in [3.8, 4) is 0 Å². The second-order valence-electron chi connectivity index (χ2n) is 0. The molecule has 0 aromatic rings. The summed E-state index contributed by atoms with van der Waals surface area (Å²) in [6, 6.07) is 0. The average Bonchev–Trinajstić information content (AvgIpc) is 2.20. The van der Waals surface area contributed by atoms with Crippen molar-refractivity contribution in [2.75, 3.05) is 0 Å². The van der Waals surface area contributed by atoms with E-state index in [1.54, 1.807) is 0 Å². The van der Waals surface area contributed by atoms with Crippen LogP contribution in [-0.2, 0) is 0 Å². The number of rotatable bonds is 0. The second-order valence-corrected chi connectivity index (χ2v) is 0. The maximum Gasteiger partial charge on any atom is 0 e. The molecular formula is C4H40N11U-. The van der Waals surface area contributed by atoms with Crippen molar-refractivity contribution in [1.29, 1.82) is 0 Å². The first-order valence-electron chi connectivity index (χ1n) is 2.33. The summed E-state index contributed by atoms with van der Waals surface area (Å²) in [6.07, 6.45) is 0. The van der Waals surface area contributed by atoms with Crippen molar-refractivity contribution in [2.24, 2.45) is 46.7 Å². The standard InChI is InChI=1S/C2H6.2CH4.4H4N2.2H3N.H2N.U.H2/c1-2;;;4*1-2;;;;;/h1-2H3;2*1H4;4*1-2H2;2*1H3;1H2;;1H/q;;;;;;;;;-1;;/i;;;;;;;;;;;1+1. The second kappa shape index (κ2) is 8900. The van der Waals surface area contributed by atoms with Gasteiger partial charge in [0, 0.05) is 32.5 Å². The van der Waals surface area contributed by atoms with Crippen LogP contribution in [0.15, 0.2) is 0 Å². The van der Waals surface area contributed by atoms with E-state index in [0.717, 1.165) is 0 Å². The fourth-order valence-corrected chi connectivity index (χ4v) is 0. The van der Waals surface area contributed by atoms with Gasteiger partial charge in [-0.25, -0.2) is 0 Å². The summed E-state index contributed by atoms with van der Waals surface area (Å²) < 4.78 is 0. The molecule has 0 saturated heterocycles. The normalized spacial score (nSPS) is 1.88. The summed E-state index contributed by atoms with van der Waals surface area (Å²) in [7, 11) is 0. The van der Waals surface area contributed by atoms with Crippen LogP contribution >= 0.6 is 0 Å².